The number of fused-ring (bicyclic) bond motifs is 4. The van der Waals surface area contributed by atoms with E-state index in [9.17, 15) is 15.0 Å². The second-order valence-corrected chi connectivity index (χ2v) is 7.79. The first-order valence-electron chi connectivity index (χ1n) is 10.4. The van der Waals surface area contributed by atoms with Gasteiger partial charge in [0.2, 0.25) is 0 Å². The summed E-state index contributed by atoms with van der Waals surface area (Å²) in [5.74, 6) is -0.0455. The molecule has 162 valence electrons. The van der Waals surface area contributed by atoms with E-state index in [2.05, 4.69) is 32.6 Å². The molecule has 1 aliphatic rings. The zero-order valence-corrected chi connectivity index (χ0v) is 17.1. The van der Waals surface area contributed by atoms with Crippen LogP contribution in [0.25, 0.3) is 22.2 Å². The number of carbonyl (C=O) groups is 1. The van der Waals surface area contributed by atoms with Gasteiger partial charge in [0.05, 0.1) is 11.7 Å². The number of aliphatic hydroxyl groups excluding tert-OH is 2. The molecule has 32 heavy (non-hydrogen) atoms. The number of aliphatic hydroxyl groups is 2. The smallest absolute Gasteiger partial charge is 0.407 e. The Balaban J connectivity index is 1.18. The fourth-order valence-corrected chi connectivity index (χ4v) is 4.18. The van der Waals surface area contributed by atoms with Crippen LogP contribution in [0.5, 0.6) is 0 Å². The van der Waals surface area contributed by atoms with Crippen LogP contribution in [0, 0.1) is 0 Å². The second-order valence-electron chi connectivity index (χ2n) is 7.79. The number of carbonyl (C=O) groups excluding carboxylic acids is 1. The van der Waals surface area contributed by atoms with Gasteiger partial charge in [-0.05, 0) is 28.3 Å². The zero-order valence-electron chi connectivity index (χ0n) is 17.1. The highest BCUT2D eigenvalue weighted by atomic mass is 16.5. The first-order chi connectivity index (χ1) is 15.6. The van der Waals surface area contributed by atoms with Gasteiger partial charge < -0.3 is 20.3 Å². The van der Waals surface area contributed by atoms with Crippen LogP contribution in [0.3, 0.4) is 0 Å². The van der Waals surface area contributed by atoms with Crippen molar-refractivity contribution in [3.8, 4) is 11.1 Å². The molecule has 2 aromatic heterocycles. The SMILES string of the molecule is O=C(NCC(O)C(O)c1cnc2cn[nH]c2c1)OCC1c2ccccc2-c2ccccc21. The average Bonchev–Trinajstić information content (AvgIpc) is 3.42. The van der Waals surface area contributed by atoms with Crippen LogP contribution in [0.2, 0.25) is 0 Å². The van der Waals surface area contributed by atoms with Crippen LogP contribution in [0.15, 0.2) is 67.0 Å². The number of amides is 1. The number of hydrogen-bond acceptors (Lipinski definition) is 6. The maximum Gasteiger partial charge on any atom is 0.407 e. The van der Waals surface area contributed by atoms with E-state index in [1.807, 2.05) is 36.4 Å². The van der Waals surface area contributed by atoms with Gasteiger partial charge >= 0.3 is 6.09 Å². The van der Waals surface area contributed by atoms with E-state index in [1.54, 1.807) is 12.3 Å². The van der Waals surface area contributed by atoms with Crippen molar-refractivity contribution in [1.82, 2.24) is 20.5 Å². The minimum Gasteiger partial charge on any atom is -0.449 e. The minimum absolute atomic E-state index is 0.0455. The maximum absolute atomic E-state index is 12.3. The summed E-state index contributed by atoms with van der Waals surface area (Å²) in [4.78, 5) is 16.4. The van der Waals surface area contributed by atoms with Gasteiger partial charge in [0.25, 0.3) is 0 Å². The van der Waals surface area contributed by atoms with Crippen molar-refractivity contribution in [3.05, 3.63) is 83.7 Å². The van der Waals surface area contributed by atoms with Gasteiger partial charge in [0, 0.05) is 24.2 Å². The Kier molecular flexibility index (Phi) is 5.30. The van der Waals surface area contributed by atoms with Gasteiger partial charge in [-0.3, -0.25) is 10.1 Å². The van der Waals surface area contributed by atoms with Gasteiger partial charge in [-0.25, -0.2) is 4.79 Å². The lowest BCUT2D eigenvalue weighted by molar-refractivity contribution is 0.0184. The molecule has 8 nitrogen and oxygen atoms in total. The fourth-order valence-electron chi connectivity index (χ4n) is 4.18. The molecule has 1 aliphatic carbocycles. The minimum atomic E-state index is -1.22. The number of aromatic nitrogens is 3. The lowest BCUT2D eigenvalue weighted by Gasteiger charge is -2.19. The Morgan fingerprint density at radius 3 is 2.47 bits per heavy atom. The van der Waals surface area contributed by atoms with Crippen molar-refractivity contribution in [2.45, 2.75) is 18.1 Å². The van der Waals surface area contributed by atoms with Gasteiger partial charge in [-0.15, -0.1) is 0 Å². The number of pyridine rings is 1. The summed E-state index contributed by atoms with van der Waals surface area (Å²) in [6.45, 7) is 0.0117. The Morgan fingerprint density at radius 1 is 1.06 bits per heavy atom. The van der Waals surface area contributed by atoms with Crippen molar-refractivity contribution < 1.29 is 19.7 Å². The number of aromatic amines is 1. The van der Waals surface area contributed by atoms with Crippen LogP contribution < -0.4 is 5.32 Å². The Morgan fingerprint density at radius 2 is 1.75 bits per heavy atom. The molecule has 0 saturated carbocycles. The molecule has 1 amide bonds. The predicted molar refractivity (Wildman–Crippen MR) is 118 cm³/mol. The summed E-state index contributed by atoms with van der Waals surface area (Å²) < 4.78 is 5.45. The molecule has 8 heteroatoms. The molecule has 0 radical (unpaired) electrons. The van der Waals surface area contributed by atoms with Crippen LogP contribution in [-0.2, 0) is 4.74 Å². The van der Waals surface area contributed by atoms with E-state index in [0.29, 0.717) is 16.6 Å². The van der Waals surface area contributed by atoms with E-state index < -0.39 is 18.3 Å². The fraction of sp³-hybridized carbons (Fsp3) is 0.208. The van der Waals surface area contributed by atoms with Gasteiger partial charge in [-0.1, -0.05) is 48.5 Å². The molecule has 4 aromatic rings. The number of rotatable bonds is 6. The van der Waals surface area contributed by atoms with E-state index in [4.69, 9.17) is 4.74 Å². The third kappa shape index (κ3) is 3.70. The van der Waals surface area contributed by atoms with Crippen molar-refractivity contribution in [2.75, 3.05) is 13.2 Å². The summed E-state index contributed by atoms with van der Waals surface area (Å²) in [5, 5.41) is 29.9. The molecular weight excluding hydrogens is 408 g/mol. The van der Waals surface area contributed by atoms with Crippen LogP contribution in [0.1, 0.15) is 28.7 Å². The molecule has 2 aromatic carbocycles. The highest BCUT2D eigenvalue weighted by Crippen LogP contribution is 2.44. The third-order valence-corrected chi connectivity index (χ3v) is 5.82. The lowest BCUT2D eigenvalue weighted by atomic mass is 9.98. The third-order valence-electron chi connectivity index (χ3n) is 5.82. The maximum atomic E-state index is 12.3. The molecule has 0 bridgehead atoms. The van der Waals surface area contributed by atoms with Crippen LogP contribution in [0.4, 0.5) is 4.79 Å². The van der Waals surface area contributed by atoms with E-state index in [1.165, 1.54) is 6.20 Å². The Hall–Kier alpha value is -3.75. The molecular formula is C24H22N4O4. The summed E-state index contributed by atoms with van der Waals surface area (Å²) >= 11 is 0. The number of ether oxygens (including phenoxy) is 1. The molecule has 2 heterocycles. The zero-order chi connectivity index (χ0) is 22.1. The molecule has 2 atom stereocenters. The number of hydrogen-bond donors (Lipinski definition) is 4. The van der Waals surface area contributed by atoms with Crippen molar-refractivity contribution >= 4 is 17.1 Å². The van der Waals surface area contributed by atoms with Crippen LogP contribution in [-0.4, -0.2) is 50.7 Å². The molecule has 0 spiro atoms. The summed E-state index contributed by atoms with van der Waals surface area (Å²) in [6, 6.07) is 17.9. The Labute approximate surface area is 183 Å². The molecule has 0 aliphatic heterocycles. The normalized spacial score (nSPS) is 14.6. The highest BCUT2D eigenvalue weighted by molar-refractivity contribution is 5.79. The van der Waals surface area contributed by atoms with E-state index >= 15 is 0 Å². The van der Waals surface area contributed by atoms with Gasteiger partial charge in [0.15, 0.2) is 0 Å². The standard InChI is InChI=1S/C24H22N4O4/c29-22(23(30)14-9-20-21(25-10-14)11-27-28-20)12-26-24(31)32-13-19-17-7-3-1-5-15(17)16-6-2-4-8-18(16)19/h1-11,19,22-23,29-30H,12-13H2,(H,26,31)(H,27,28). The average molecular weight is 430 g/mol. The van der Waals surface area contributed by atoms with Crippen molar-refractivity contribution in [1.29, 1.82) is 0 Å². The van der Waals surface area contributed by atoms with Gasteiger partial charge in [0.1, 0.15) is 24.3 Å². The van der Waals surface area contributed by atoms with Crippen LogP contribution >= 0.6 is 0 Å². The quantitative estimate of drug-likeness (QED) is 0.373. The van der Waals surface area contributed by atoms with Crippen molar-refractivity contribution in [2.24, 2.45) is 0 Å². The summed E-state index contributed by atoms with van der Waals surface area (Å²) in [7, 11) is 0. The monoisotopic (exact) mass is 430 g/mol. The van der Waals surface area contributed by atoms with Crippen molar-refractivity contribution in [3.63, 3.8) is 0 Å². The van der Waals surface area contributed by atoms with E-state index in [0.717, 1.165) is 22.3 Å². The first kappa shape index (κ1) is 20.2. The lowest BCUT2D eigenvalue weighted by Crippen LogP contribution is -2.36. The molecule has 5 rings (SSSR count). The number of nitrogens with one attached hydrogen (secondary N) is 2. The molecule has 0 fully saturated rings. The van der Waals surface area contributed by atoms with E-state index in [-0.39, 0.29) is 19.1 Å². The summed E-state index contributed by atoms with van der Waals surface area (Å²) in [6.07, 6.45) is -0.0540. The molecule has 0 saturated heterocycles. The predicted octanol–water partition coefficient (Wildman–Crippen LogP) is 2.89. The first-order valence-corrected chi connectivity index (χ1v) is 10.4. The highest BCUT2D eigenvalue weighted by Gasteiger charge is 2.29. The second kappa shape index (κ2) is 8.41. The molecule has 4 N–H and O–H groups in total. The number of benzene rings is 2. The number of alkyl carbamates (subject to hydrolysis) is 1. The molecule has 2 unspecified atom stereocenters. The number of nitrogens with zero attached hydrogens (tertiary/aromatic N) is 2. The Bertz CT molecular complexity index is 1230. The summed E-state index contributed by atoms with van der Waals surface area (Å²) in [5.41, 5.74) is 6.28. The topological polar surface area (TPSA) is 120 Å². The number of H-pyrrole nitrogens is 1. The van der Waals surface area contributed by atoms with Gasteiger partial charge in [-0.2, -0.15) is 5.10 Å². The largest absolute Gasteiger partial charge is 0.449 e.